The van der Waals surface area contributed by atoms with Gasteiger partial charge in [-0.1, -0.05) is 6.08 Å². The maximum atomic E-state index is 12.7. The first-order valence-electron chi connectivity index (χ1n) is 11.0. The fourth-order valence-electron chi connectivity index (χ4n) is 3.83. The fraction of sp³-hybridized carbons (Fsp3) is 0.609. The summed E-state index contributed by atoms with van der Waals surface area (Å²) in [6.45, 7) is 6.53. The zero-order chi connectivity index (χ0) is 22.7. The Labute approximate surface area is 187 Å². The van der Waals surface area contributed by atoms with Crippen LogP contribution in [0, 0.1) is 11.3 Å². The van der Waals surface area contributed by atoms with Gasteiger partial charge in [0.25, 0.3) is 0 Å². The summed E-state index contributed by atoms with van der Waals surface area (Å²) in [4.78, 5) is 2.26. The predicted octanol–water partition coefficient (Wildman–Crippen LogP) is 3.76. The normalized spacial score (nSPS) is 19.3. The molecule has 0 spiro atoms. The highest BCUT2D eigenvalue weighted by atomic mass is 32.2. The molecule has 8 heteroatoms. The van der Waals surface area contributed by atoms with Gasteiger partial charge in [0.05, 0.1) is 17.7 Å². The van der Waals surface area contributed by atoms with Gasteiger partial charge in [-0.15, -0.1) is 6.58 Å². The van der Waals surface area contributed by atoms with E-state index in [-0.39, 0.29) is 12.1 Å². The van der Waals surface area contributed by atoms with E-state index in [1.54, 1.807) is 31.3 Å². The minimum absolute atomic E-state index is 0.0314. The molecule has 0 aliphatic heterocycles. The van der Waals surface area contributed by atoms with E-state index < -0.39 is 10.2 Å². The molecule has 0 aromatic heterocycles. The first kappa shape index (κ1) is 25.3. The molecule has 0 saturated heterocycles. The molecule has 1 aromatic rings. The summed E-state index contributed by atoms with van der Waals surface area (Å²) in [5.74, 6) is 0. The number of nitrogens with one attached hydrogen (secondary N) is 1. The van der Waals surface area contributed by atoms with Gasteiger partial charge in [-0.2, -0.15) is 18.0 Å². The average molecular weight is 449 g/mol. The van der Waals surface area contributed by atoms with Crippen molar-refractivity contribution in [1.82, 2.24) is 9.21 Å². The summed E-state index contributed by atoms with van der Waals surface area (Å²) in [7, 11) is 0.0920. The Morgan fingerprint density at radius 2 is 1.84 bits per heavy atom. The molecule has 0 amide bonds. The zero-order valence-electron chi connectivity index (χ0n) is 18.8. The fourth-order valence-corrected chi connectivity index (χ4v) is 5.01. The maximum Gasteiger partial charge on any atom is 0.301 e. The van der Waals surface area contributed by atoms with Gasteiger partial charge in [-0.3, -0.25) is 4.72 Å². The van der Waals surface area contributed by atoms with Crippen molar-refractivity contribution in [3.63, 3.8) is 0 Å². The van der Waals surface area contributed by atoms with E-state index in [4.69, 9.17) is 10.00 Å². The molecule has 1 aliphatic rings. The number of nitrogens with zero attached hydrogens (tertiary/aromatic N) is 3. The molecule has 1 aliphatic carbocycles. The van der Waals surface area contributed by atoms with E-state index in [0.29, 0.717) is 11.3 Å². The molecule has 172 valence electrons. The Bertz CT molecular complexity index is 812. The van der Waals surface area contributed by atoms with Crippen LogP contribution in [-0.2, 0) is 14.9 Å². The van der Waals surface area contributed by atoms with E-state index in [9.17, 15) is 8.42 Å². The van der Waals surface area contributed by atoms with Crippen molar-refractivity contribution in [3.05, 3.63) is 42.5 Å². The number of hydrogen-bond acceptors (Lipinski definition) is 5. The third-order valence-corrected chi connectivity index (χ3v) is 7.33. The topological polar surface area (TPSA) is 85.7 Å². The highest BCUT2D eigenvalue weighted by Gasteiger charge is 2.30. The smallest absolute Gasteiger partial charge is 0.301 e. The number of ether oxygens (including phenoxy) is 1. The quantitative estimate of drug-likeness (QED) is 0.367. The molecule has 1 fully saturated rings. The summed E-state index contributed by atoms with van der Waals surface area (Å²) >= 11 is 0. The Balaban J connectivity index is 1.67. The lowest BCUT2D eigenvalue weighted by Crippen LogP contribution is -2.43. The Morgan fingerprint density at radius 3 is 2.45 bits per heavy atom. The highest BCUT2D eigenvalue weighted by molar-refractivity contribution is 7.90. The third kappa shape index (κ3) is 8.62. The maximum absolute atomic E-state index is 12.7. The van der Waals surface area contributed by atoms with Crippen LogP contribution in [0.15, 0.2) is 36.9 Å². The molecule has 0 unspecified atom stereocenters. The predicted molar refractivity (Wildman–Crippen MR) is 125 cm³/mol. The van der Waals surface area contributed by atoms with Crippen molar-refractivity contribution >= 4 is 15.9 Å². The van der Waals surface area contributed by atoms with E-state index in [1.807, 2.05) is 12.1 Å². The van der Waals surface area contributed by atoms with Crippen LogP contribution >= 0.6 is 0 Å². The van der Waals surface area contributed by atoms with Crippen LogP contribution in [-0.4, -0.2) is 63.6 Å². The molecule has 0 heterocycles. The van der Waals surface area contributed by atoms with Crippen molar-refractivity contribution in [2.24, 2.45) is 0 Å². The number of nitriles is 1. The number of anilines is 1. The third-order valence-electron chi connectivity index (χ3n) is 5.78. The van der Waals surface area contributed by atoms with E-state index in [1.165, 1.54) is 4.31 Å². The molecule has 7 nitrogen and oxygen atoms in total. The van der Waals surface area contributed by atoms with Crippen LogP contribution in [0.25, 0.3) is 0 Å². The summed E-state index contributed by atoms with van der Waals surface area (Å²) in [5.41, 5.74) is 0.952. The minimum Gasteiger partial charge on any atom is -0.378 e. The molecule has 1 N–H and O–H groups in total. The van der Waals surface area contributed by atoms with Gasteiger partial charge in [0, 0.05) is 31.9 Å². The van der Waals surface area contributed by atoms with Gasteiger partial charge in [0.1, 0.15) is 0 Å². The van der Waals surface area contributed by atoms with E-state index in [0.717, 1.165) is 64.6 Å². The number of unbranched alkanes of at least 4 members (excludes halogenated alkanes) is 2. The van der Waals surface area contributed by atoms with Crippen LogP contribution in [0.4, 0.5) is 5.69 Å². The SMILES string of the molecule is C=CCN(C)CCCCCO[C@H]1CC[C@H](N(C)S(=O)(=O)Nc2ccc(C#N)cc2)CC1. The van der Waals surface area contributed by atoms with Crippen molar-refractivity contribution < 1.29 is 13.2 Å². The number of benzene rings is 1. The van der Waals surface area contributed by atoms with Crippen LogP contribution in [0.5, 0.6) is 0 Å². The van der Waals surface area contributed by atoms with Gasteiger partial charge in [-0.25, -0.2) is 0 Å². The van der Waals surface area contributed by atoms with Crippen LogP contribution in [0.2, 0.25) is 0 Å². The lowest BCUT2D eigenvalue weighted by atomic mass is 9.93. The summed E-state index contributed by atoms with van der Waals surface area (Å²) in [5, 5.41) is 8.86. The van der Waals surface area contributed by atoms with Crippen LogP contribution in [0.3, 0.4) is 0 Å². The van der Waals surface area contributed by atoms with Gasteiger partial charge < -0.3 is 9.64 Å². The molecule has 1 saturated carbocycles. The standard InChI is InChI=1S/C23H36N4O3S/c1-4-16-26(2)17-6-5-7-18-30-23-14-12-22(13-15-23)27(3)31(28,29)25-21-10-8-20(19-24)9-11-21/h4,8-11,22-23,25H,1,5-7,12-18H2,2-3H3/t22-,23-. The molecular formula is C23H36N4O3S. The summed E-state index contributed by atoms with van der Waals surface area (Å²) in [6, 6.07) is 8.39. The van der Waals surface area contributed by atoms with E-state index >= 15 is 0 Å². The monoisotopic (exact) mass is 448 g/mol. The number of hydrogen-bond donors (Lipinski definition) is 1. The molecule has 0 radical (unpaired) electrons. The Morgan fingerprint density at radius 1 is 1.16 bits per heavy atom. The van der Waals surface area contributed by atoms with Crippen LogP contribution in [0.1, 0.15) is 50.5 Å². The van der Waals surface area contributed by atoms with Crippen molar-refractivity contribution in [3.8, 4) is 6.07 Å². The molecule has 2 rings (SSSR count). The second kappa shape index (κ2) is 12.8. The summed E-state index contributed by atoms with van der Waals surface area (Å²) < 4.78 is 35.5. The Hall–Kier alpha value is -1.92. The number of likely N-dealkylation sites (N-methyl/N-ethyl adjacent to an activating group) is 1. The Kier molecular flexibility index (Phi) is 10.5. The minimum atomic E-state index is -3.64. The first-order chi connectivity index (χ1) is 14.9. The second-order valence-electron chi connectivity index (χ2n) is 8.23. The van der Waals surface area contributed by atoms with Crippen molar-refractivity contribution in [2.45, 2.75) is 57.1 Å². The molecule has 0 atom stereocenters. The highest BCUT2D eigenvalue weighted by Crippen LogP contribution is 2.26. The zero-order valence-corrected chi connectivity index (χ0v) is 19.6. The molecule has 31 heavy (non-hydrogen) atoms. The average Bonchev–Trinajstić information content (AvgIpc) is 2.76. The van der Waals surface area contributed by atoms with Crippen molar-refractivity contribution in [2.75, 3.05) is 38.5 Å². The number of rotatable bonds is 13. The summed E-state index contributed by atoms with van der Waals surface area (Å²) in [6.07, 6.45) is 8.86. The van der Waals surface area contributed by atoms with Crippen LogP contribution < -0.4 is 4.72 Å². The van der Waals surface area contributed by atoms with Gasteiger partial charge in [-0.05, 0) is 82.8 Å². The van der Waals surface area contributed by atoms with Gasteiger partial charge >= 0.3 is 10.2 Å². The lowest BCUT2D eigenvalue weighted by molar-refractivity contribution is 0.0156. The largest absolute Gasteiger partial charge is 0.378 e. The van der Waals surface area contributed by atoms with Gasteiger partial charge in [0.15, 0.2) is 0 Å². The first-order valence-corrected chi connectivity index (χ1v) is 12.5. The molecule has 0 bridgehead atoms. The lowest BCUT2D eigenvalue weighted by Gasteiger charge is -2.34. The van der Waals surface area contributed by atoms with Gasteiger partial charge in [0.2, 0.25) is 0 Å². The molecular weight excluding hydrogens is 412 g/mol. The van der Waals surface area contributed by atoms with E-state index in [2.05, 4.69) is 23.2 Å². The van der Waals surface area contributed by atoms with Crippen molar-refractivity contribution in [1.29, 1.82) is 5.26 Å². The molecule has 1 aromatic carbocycles. The second-order valence-corrected chi connectivity index (χ2v) is 9.96.